The fraction of sp³-hybridized carbons (Fsp3) is 0.462. The summed E-state index contributed by atoms with van der Waals surface area (Å²) in [6.45, 7) is 1.95. The van der Waals surface area contributed by atoms with Crippen LogP contribution in [0.3, 0.4) is 0 Å². The van der Waals surface area contributed by atoms with Crippen LogP contribution in [0.2, 0.25) is 0 Å². The van der Waals surface area contributed by atoms with Crippen LogP contribution in [0.25, 0.3) is 0 Å². The van der Waals surface area contributed by atoms with Crippen LogP contribution >= 0.6 is 11.6 Å². The molecule has 0 aliphatic rings. The first-order valence-electron chi connectivity index (χ1n) is 5.75. The van der Waals surface area contributed by atoms with E-state index in [-0.39, 0.29) is 24.1 Å². The summed E-state index contributed by atoms with van der Waals surface area (Å²) in [5.74, 6) is 0.698. The molecule has 0 saturated carbocycles. The van der Waals surface area contributed by atoms with Gasteiger partial charge in [-0.2, -0.15) is 0 Å². The number of carbonyl (C=O) groups is 1. The number of halogens is 1. The number of amides is 1. The van der Waals surface area contributed by atoms with E-state index < -0.39 is 0 Å². The number of aromatic hydroxyl groups is 1. The number of rotatable bonds is 6. The van der Waals surface area contributed by atoms with Gasteiger partial charge in [0.25, 0.3) is 0 Å². The molecule has 1 unspecified atom stereocenters. The van der Waals surface area contributed by atoms with E-state index in [9.17, 15) is 9.90 Å². The summed E-state index contributed by atoms with van der Waals surface area (Å²) in [5.41, 5.74) is 0.648. The molecule has 0 bridgehead atoms. The third-order valence-electron chi connectivity index (χ3n) is 2.52. The highest BCUT2D eigenvalue weighted by Crippen LogP contribution is 2.15. The average molecular weight is 256 g/mol. The topological polar surface area (TPSA) is 49.3 Å². The molecule has 94 valence electrons. The van der Waals surface area contributed by atoms with Gasteiger partial charge in [-0.3, -0.25) is 4.79 Å². The molecule has 4 heteroatoms. The first kappa shape index (κ1) is 13.8. The monoisotopic (exact) mass is 255 g/mol. The van der Waals surface area contributed by atoms with Crippen molar-refractivity contribution in [3.05, 3.63) is 29.8 Å². The average Bonchev–Trinajstić information content (AvgIpc) is 2.29. The lowest BCUT2D eigenvalue weighted by atomic mass is 10.1. The maximum Gasteiger partial charge on any atom is 0.224 e. The van der Waals surface area contributed by atoms with Gasteiger partial charge in [0.1, 0.15) is 5.75 Å². The minimum atomic E-state index is -0.0754. The first-order valence-corrected chi connectivity index (χ1v) is 6.29. The van der Waals surface area contributed by atoms with Gasteiger partial charge in [-0.15, -0.1) is 11.6 Å². The Morgan fingerprint density at radius 2 is 2.18 bits per heavy atom. The summed E-state index contributed by atoms with van der Waals surface area (Å²) in [4.78, 5) is 11.7. The van der Waals surface area contributed by atoms with Gasteiger partial charge < -0.3 is 10.4 Å². The number of benzene rings is 1. The van der Waals surface area contributed by atoms with Crippen molar-refractivity contribution in [1.82, 2.24) is 5.32 Å². The van der Waals surface area contributed by atoms with Crippen molar-refractivity contribution in [2.75, 3.05) is 5.88 Å². The number of hydrogen-bond acceptors (Lipinski definition) is 2. The highest BCUT2D eigenvalue weighted by Gasteiger charge is 2.09. The second-order valence-corrected chi connectivity index (χ2v) is 4.48. The zero-order valence-corrected chi connectivity index (χ0v) is 10.7. The number of carbonyl (C=O) groups excluding carboxylic acids is 1. The van der Waals surface area contributed by atoms with Crippen molar-refractivity contribution in [2.45, 2.75) is 32.2 Å². The number of nitrogens with one attached hydrogen (secondary N) is 1. The van der Waals surface area contributed by atoms with Crippen molar-refractivity contribution in [3.63, 3.8) is 0 Å². The second kappa shape index (κ2) is 7.17. The summed E-state index contributed by atoms with van der Waals surface area (Å²) >= 11 is 5.59. The lowest BCUT2D eigenvalue weighted by molar-refractivity contribution is -0.121. The summed E-state index contributed by atoms with van der Waals surface area (Å²) in [6.07, 6.45) is 1.97. The quantitative estimate of drug-likeness (QED) is 0.768. The van der Waals surface area contributed by atoms with Crippen molar-refractivity contribution in [2.24, 2.45) is 0 Å². The highest BCUT2D eigenvalue weighted by atomic mass is 35.5. The fourth-order valence-electron chi connectivity index (χ4n) is 1.61. The minimum Gasteiger partial charge on any atom is -0.508 e. The number of para-hydroxylation sites is 1. The molecule has 0 saturated heterocycles. The lowest BCUT2D eigenvalue weighted by Crippen LogP contribution is -2.33. The maximum absolute atomic E-state index is 11.7. The van der Waals surface area contributed by atoms with Gasteiger partial charge in [-0.25, -0.2) is 0 Å². The molecule has 1 atom stereocenters. The smallest absolute Gasteiger partial charge is 0.224 e. The predicted molar refractivity (Wildman–Crippen MR) is 69.4 cm³/mol. The Kier molecular flexibility index (Phi) is 5.84. The molecular weight excluding hydrogens is 238 g/mol. The van der Waals surface area contributed by atoms with Crippen molar-refractivity contribution in [1.29, 1.82) is 0 Å². The van der Waals surface area contributed by atoms with E-state index in [4.69, 9.17) is 11.6 Å². The number of phenolic OH excluding ortho intramolecular Hbond substituents is 1. The third-order valence-corrected chi connectivity index (χ3v) is 2.79. The Bertz CT molecular complexity index is 368. The van der Waals surface area contributed by atoms with Crippen molar-refractivity contribution < 1.29 is 9.90 Å². The molecule has 1 amide bonds. The Hall–Kier alpha value is -1.22. The van der Waals surface area contributed by atoms with Gasteiger partial charge in [0, 0.05) is 17.5 Å². The second-order valence-electron chi connectivity index (χ2n) is 4.11. The minimum absolute atomic E-state index is 0.0754. The highest BCUT2D eigenvalue weighted by molar-refractivity contribution is 6.17. The third kappa shape index (κ3) is 5.09. The summed E-state index contributed by atoms with van der Waals surface area (Å²) in [5, 5.41) is 12.4. The largest absolute Gasteiger partial charge is 0.508 e. The standard InChI is InChI=1S/C13H18ClNO2/c1-10(5-4-8-14)15-13(17)9-11-6-2-3-7-12(11)16/h2-3,6-7,10,16H,4-5,8-9H2,1H3,(H,15,17). The van der Waals surface area contributed by atoms with E-state index in [1.807, 2.05) is 6.92 Å². The number of alkyl halides is 1. The molecule has 3 nitrogen and oxygen atoms in total. The lowest BCUT2D eigenvalue weighted by Gasteiger charge is -2.13. The van der Waals surface area contributed by atoms with Gasteiger partial charge in [-0.05, 0) is 25.8 Å². The number of hydrogen-bond donors (Lipinski definition) is 2. The van der Waals surface area contributed by atoms with Gasteiger partial charge in [0.15, 0.2) is 0 Å². The normalized spacial score (nSPS) is 12.1. The molecular formula is C13H18ClNO2. The summed E-state index contributed by atoms with van der Waals surface area (Å²) < 4.78 is 0. The van der Waals surface area contributed by atoms with Gasteiger partial charge in [-0.1, -0.05) is 18.2 Å². The van der Waals surface area contributed by atoms with Crippen LogP contribution in [0, 0.1) is 0 Å². The molecule has 0 aliphatic carbocycles. The number of phenols is 1. The maximum atomic E-state index is 11.7. The fourth-order valence-corrected chi connectivity index (χ4v) is 1.77. The molecule has 17 heavy (non-hydrogen) atoms. The molecule has 1 rings (SSSR count). The van der Waals surface area contributed by atoms with E-state index in [1.54, 1.807) is 24.3 Å². The van der Waals surface area contributed by atoms with Gasteiger partial charge in [0.2, 0.25) is 5.91 Å². The first-order chi connectivity index (χ1) is 8.13. The van der Waals surface area contributed by atoms with E-state index in [0.717, 1.165) is 12.8 Å². The zero-order chi connectivity index (χ0) is 12.7. The predicted octanol–water partition coefficient (Wildman–Crippen LogP) is 2.46. The van der Waals surface area contributed by atoms with Gasteiger partial charge in [0.05, 0.1) is 6.42 Å². The molecule has 0 fully saturated rings. The summed E-state index contributed by atoms with van der Waals surface area (Å²) in [7, 11) is 0. The molecule has 0 aliphatic heterocycles. The van der Waals surface area contributed by atoms with Crippen LogP contribution in [0.4, 0.5) is 0 Å². The molecule has 0 spiro atoms. The molecule has 1 aromatic carbocycles. The zero-order valence-electron chi connectivity index (χ0n) is 9.95. The molecule has 0 radical (unpaired) electrons. The molecule has 1 aromatic rings. The SMILES string of the molecule is CC(CCCCl)NC(=O)Cc1ccccc1O. The van der Waals surface area contributed by atoms with Crippen LogP contribution in [-0.2, 0) is 11.2 Å². The summed E-state index contributed by atoms with van der Waals surface area (Å²) in [6, 6.07) is 6.99. The Morgan fingerprint density at radius 3 is 2.82 bits per heavy atom. The van der Waals surface area contributed by atoms with E-state index in [2.05, 4.69) is 5.32 Å². The molecule has 2 N–H and O–H groups in total. The van der Waals surface area contributed by atoms with E-state index in [0.29, 0.717) is 11.4 Å². The van der Waals surface area contributed by atoms with Crippen LogP contribution < -0.4 is 5.32 Å². The van der Waals surface area contributed by atoms with Crippen LogP contribution in [0.5, 0.6) is 5.75 Å². The van der Waals surface area contributed by atoms with Crippen molar-refractivity contribution in [3.8, 4) is 5.75 Å². The van der Waals surface area contributed by atoms with E-state index in [1.165, 1.54) is 0 Å². The van der Waals surface area contributed by atoms with Crippen LogP contribution in [0.1, 0.15) is 25.3 Å². The van der Waals surface area contributed by atoms with Crippen LogP contribution in [-0.4, -0.2) is 22.9 Å². The van der Waals surface area contributed by atoms with Gasteiger partial charge >= 0.3 is 0 Å². The Labute approximate surface area is 107 Å². The Morgan fingerprint density at radius 1 is 1.47 bits per heavy atom. The molecule has 0 aromatic heterocycles. The van der Waals surface area contributed by atoms with Crippen molar-refractivity contribution >= 4 is 17.5 Å². The van der Waals surface area contributed by atoms with E-state index >= 15 is 0 Å². The van der Waals surface area contributed by atoms with Crippen LogP contribution in [0.15, 0.2) is 24.3 Å². The molecule has 0 heterocycles. The Balaban J connectivity index is 2.42.